The lowest BCUT2D eigenvalue weighted by molar-refractivity contribution is 0.280. The van der Waals surface area contributed by atoms with Gasteiger partial charge in [0, 0.05) is 0 Å². The molecule has 0 heterocycles. The number of hydrogen-bond acceptors (Lipinski definition) is 1. The molecule has 0 atom stereocenters. The number of unbranched alkanes of at least 4 members (excludes halogenated alkanes) is 5. The van der Waals surface area contributed by atoms with Gasteiger partial charge in [-0.3, -0.25) is 0 Å². The molecule has 2 aliphatic rings. The van der Waals surface area contributed by atoms with Gasteiger partial charge in [0.05, 0.1) is 6.61 Å². The highest BCUT2D eigenvalue weighted by Gasteiger charge is 2.26. The standard InChI is InChI=1S/C39H56F2O/c1-3-5-7-11-29-42-37-28-27-36(38(40)39(37)41)35-25-19-32(20-26-35)14-10-9-13-31-17-23-34(24-18-31)33-21-15-30(16-22-33)12-8-6-4-2/h9,13,15-16,21-22,27-28,31-32,34-35H,3-8,10-12,14,17-20,23-26,29H2,1-2H3/b13-9+. The number of hydrogen-bond donors (Lipinski definition) is 0. The molecular formula is C39H56F2O. The van der Waals surface area contributed by atoms with Gasteiger partial charge < -0.3 is 4.74 Å². The average molecular weight is 579 g/mol. The summed E-state index contributed by atoms with van der Waals surface area (Å²) in [5.74, 6) is 0.844. The monoisotopic (exact) mass is 578 g/mol. The maximum Gasteiger partial charge on any atom is 0.200 e. The van der Waals surface area contributed by atoms with Crippen molar-refractivity contribution in [2.24, 2.45) is 11.8 Å². The largest absolute Gasteiger partial charge is 0.490 e. The third-order valence-electron chi connectivity index (χ3n) is 10.1. The summed E-state index contributed by atoms with van der Waals surface area (Å²) < 4.78 is 35.2. The molecule has 2 aromatic carbocycles. The summed E-state index contributed by atoms with van der Waals surface area (Å²) in [6, 6.07) is 12.9. The van der Waals surface area contributed by atoms with Gasteiger partial charge in [-0.25, -0.2) is 4.39 Å². The smallest absolute Gasteiger partial charge is 0.200 e. The zero-order chi connectivity index (χ0) is 29.6. The second kappa shape index (κ2) is 17.8. The van der Waals surface area contributed by atoms with Crippen molar-refractivity contribution < 1.29 is 13.5 Å². The number of halogens is 2. The van der Waals surface area contributed by atoms with Crippen molar-refractivity contribution in [2.45, 2.75) is 141 Å². The summed E-state index contributed by atoms with van der Waals surface area (Å²) in [5, 5.41) is 0. The van der Waals surface area contributed by atoms with E-state index < -0.39 is 11.6 Å². The maximum atomic E-state index is 14.9. The molecule has 0 spiro atoms. The van der Waals surface area contributed by atoms with Crippen molar-refractivity contribution in [3.05, 3.63) is 76.9 Å². The molecule has 0 amide bonds. The van der Waals surface area contributed by atoms with Crippen LogP contribution >= 0.6 is 0 Å². The van der Waals surface area contributed by atoms with Crippen LogP contribution < -0.4 is 4.74 Å². The molecule has 0 radical (unpaired) electrons. The molecule has 2 saturated carbocycles. The second-order valence-corrected chi connectivity index (χ2v) is 13.2. The van der Waals surface area contributed by atoms with E-state index in [4.69, 9.17) is 4.74 Å². The van der Waals surface area contributed by atoms with Crippen LogP contribution in [0.25, 0.3) is 0 Å². The molecular weight excluding hydrogens is 522 g/mol. The third kappa shape index (κ3) is 9.95. The average Bonchev–Trinajstić information content (AvgIpc) is 3.02. The number of rotatable bonds is 16. The Bertz CT molecular complexity index is 1060. The summed E-state index contributed by atoms with van der Waals surface area (Å²) in [7, 11) is 0. The topological polar surface area (TPSA) is 9.23 Å². The van der Waals surface area contributed by atoms with E-state index in [1.54, 1.807) is 12.1 Å². The van der Waals surface area contributed by atoms with Gasteiger partial charge in [0.25, 0.3) is 0 Å². The van der Waals surface area contributed by atoms with Crippen LogP contribution in [0.15, 0.2) is 48.6 Å². The lowest BCUT2D eigenvalue weighted by Crippen LogP contribution is -2.15. The Morgan fingerprint density at radius 3 is 2.12 bits per heavy atom. The van der Waals surface area contributed by atoms with Gasteiger partial charge in [-0.05, 0) is 130 Å². The third-order valence-corrected chi connectivity index (χ3v) is 10.1. The number of ether oxygens (including phenoxy) is 1. The Kier molecular flexibility index (Phi) is 13.9. The molecule has 0 saturated heterocycles. The second-order valence-electron chi connectivity index (χ2n) is 13.2. The van der Waals surface area contributed by atoms with E-state index in [1.807, 2.05) is 0 Å². The predicted molar refractivity (Wildman–Crippen MR) is 173 cm³/mol. The quantitative estimate of drug-likeness (QED) is 0.142. The van der Waals surface area contributed by atoms with Crippen molar-refractivity contribution in [1.29, 1.82) is 0 Å². The van der Waals surface area contributed by atoms with E-state index in [2.05, 4.69) is 50.3 Å². The molecule has 4 rings (SSSR count). The van der Waals surface area contributed by atoms with Crippen LogP contribution in [0.2, 0.25) is 0 Å². The highest BCUT2D eigenvalue weighted by atomic mass is 19.2. The van der Waals surface area contributed by atoms with Crippen LogP contribution in [0.4, 0.5) is 8.78 Å². The minimum absolute atomic E-state index is 0.0635. The van der Waals surface area contributed by atoms with Crippen LogP contribution in [-0.4, -0.2) is 6.61 Å². The lowest BCUT2D eigenvalue weighted by atomic mass is 9.76. The molecule has 0 bridgehead atoms. The van der Waals surface area contributed by atoms with E-state index in [0.717, 1.165) is 69.6 Å². The SMILES string of the molecule is CCCCCCOc1ccc(C2CCC(CC/C=C/C3CCC(c4ccc(CCCCC)cc4)CC3)CC2)c(F)c1F. The first-order valence-electron chi connectivity index (χ1n) is 17.4. The fourth-order valence-electron chi connectivity index (χ4n) is 7.25. The minimum atomic E-state index is -0.806. The van der Waals surface area contributed by atoms with Gasteiger partial charge in [0.2, 0.25) is 5.82 Å². The highest BCUT2D eigenvalue weighted by molar-refractivity contribution is 5.33. The normalized spacial score (nSPS) is 23.0. The maximum absolute atomic E-state index is 14.9. The molecule has 0 unspecified atom stereocenters. The van der Waals surface area contributed by atoms with Crippen molar-refractivity contribution in [3.8, 4) is 5.75 Å². The zero-order valence-corrected chi connectivity index (χ0v) is 26.5. The van der Waals surface area contributed by atoms with Crippen LogP contribution in [-0.2, 0) is 6.42 Å². The first-order chi connectivity index (χ1) is 20.6. The summed E-state index contributed by atoms with van der Waals surface area (Å²) in [6.45, 7) is 4.87. The number of benzene rings is 2. The Labute approximate surface area is 255 Å². The molecule has 232 valence electrons. The van der Waals surface area contributed by atoms with E-state index in [1.165, 1.54) is 68.9 Å². The van der Waals surface area contributed by atoms with E-state index in [0.29, 0.717) is 18.1 Å². The van der Waals surface area contributed by atoms with Gasteiger partial charge in [-0.1, -0.05) is 88.4 Å². The summed E-state index contributed by atoms with van der Waals surface area (Å²) >= 11 is 0. The van der Waals surface area contributed by atoms with Gasteiger partial charge in [0.1, 0.15) is 0 Å². The van der Waals surface area contributed by atoms with E-state index in [9.17, 15) is 8.78 Å². The molecule has 0 N–H and O–H groups in total. The van der Waals surface area contributed by atoms with Crippen molar-refractivity contribution >= 4 is 0 Å². The minimum Gasteiger partial charge on any atom is -0.490 e. The molecule has 2 aliphatic carbocycles. The highest BCUT2D eigenvalue weighted by Crippen LogP contribution is 2.40. The Balaban J connectivity index is 1.12. The fourth-order valence-corrected chi connectivity index (χ4v) is 7.25. The summed E-state index contributed by atoms with van der Waals surface area (Å²) in [4.78, 5) is 0. The molecule has 2 aromatic rings. The lowest BCUT2D eigenvalue weighted by Gasteiger charge is -2.29. The Morgan fingerprint density at radius 1 is 0.714 bits per heavy atom. The summed E-state index contributed by atoms with van der Waals surface area (Å²) in [5.41, 5.74) is 3.57. The van der Waals surface area contributed by atoms with Gasteiger partial charge in [0.15, 0.2) is 11.6 Å². The molecule has 42 heavy (non-hydrogen) atoms. The van der Waals surface area contributed by atoms with Crippen molar-refractivity contribution in [1.82, 2.24) is 0 Å². The Morgan fingerprint density at radius 2 is 1.40 bits per heavy atom. The summed E-state index contributed by atoms with van der Waals surface area (Å²) in [6.07, 6.45) is 26.0. The van der Waals surface area contributed by atoms with Gasteiger partial charge >= 0.3 is 0 Å². The molecule has 3 heteroatoms. The van der Waals surface area contributed by atoms with Crippen molar-refractivity contribution in [2.75, 3.05) is 6.61 Å². The first kappa shape index (κ1) is 32.7. The van der Waals surface area contributed by atoms with E-state index >= 15 is 0 Å². The van der Waals surface area contributed by atoms with Crippen LogP contribution in [0.3, 0.4) is 0 Å². The fraction of sp³-hybridized carbons (Fsp3) is 0.641. The predicted octanol–water partition coefficient (Wildman–Crippen LogP) is 12.2. The molecule has 0 aromatic heterocycles. The van der Waals surface area contributed by atoms with Crippen LogP contribution in [0.1, 0.15) is 152 Å². The number of allylic oxidation sites excluding steroid dienone is 2. The Hall–Kier alpha value is -2.16. The molecule has 2 fully saturated rings. The van der Waals surface area contributed by atoms with Crippen LogP contribution in [0, 0.1) is 23.5 Å². The zero-order valence-electron chi connectivity index (χ0n) is 26.5. The van der Waals surface area contributed by atoms with Gasteiger partial charge in [-0.2, -0.15) is 4.39 Å². The first-order valence-corrected chi connectivity index (χ1v) is 17.4. The van der Waals surface area contributed by atoms with Crippen LogP contribution in [0.5, 0.6) is 5.75 Å². The number of aryl methyl sites for hydroxylation is 1. The molecule has 0 aliphatic heterocycles. The molecule has 1 nitrogen and oxygen atoms in total. The van der Waals surface area contributed by atoms with Crippen molar-refractivity contribution in [3.63, 3.8) is 0 Å². The van der Waals surface area contributed by atoms with Gasteiger partial charge in [-0.15, -0.1) is 0 Å². The van der Waals surface area contributed by atoms with E-state index in [-0.39, 0.29) is 11.7 Å².